The summed E-state index contributed by atoms with van der Waals surface area (Å²) in [6.45, 7) is 1.56. The number of benzene rings is 1. The van der Waals surface area contributed by atoms with Crippen LogP contribution in [0.5, 0.6) is 0 Å². The lowest BCUT2D eigenvalue weighted by Crippen LogP contribution is -2.21. The van der Waals surface area contributed by atoms with Crippen molar-refractivity contribution in [1.82, 2.24) is 0 Å². The molecule has 104 valence electrons. The van der Waals surface area contributed by atoms with Gasteiger partial charge >= 0.3 is 0 Å². The standard InChI is InChI=1S/C12H14Cl2N2O3/c13-9-5-11(12(16(18)19)6-10(9)14)15-3-1-8(7-15)2-4-17/h5-6,8,17H,1-4,7H2. The molecule has 0 aliphatic carbocycles. The average molecular weight is 305 g/mol. The van der Waals surface area contributed by atoms with Gasteiger partial charge in [0, 0.05) is 25.8 Å². The first-order valence-corrected chi connectivity index (χ1v) is 6.77. The molecule has 0 radical (unpaired) electrons. The van der Waals surface area contributed by atoms with Gasteiger partial charge < -0.3 is 10.0 Å². The Morgan fingerprint density at radius 3 is 2.74 bits per heavy atom. The molecule has 2 rings (SSSR count). The molecule has 0 saturated carbocycles. The molecule has 1 N–H and O–H groups in total. The first-order valence-electron chi connectivity index (χ1n) is 6.02. The van der Waals surface area contributed by atoms with Gasteiger partial charge in [-0.15, -0.1) is 0 Å². The van der Waals surface area contributed by atoms with E-state index in [1.54, 1.807) is 6.07 Å². The van der Waals surface area contributed by atoms with Crippen LogP contribution in [0.3, 0.4) is 0 Å². The van der Waals surface area contributed by atoms with Crippen LogP contribution in [-0.2, 0) is 0 Å². The number of aliphatic hydroxyl groups is 1. The van der Waals surface area contributed by atoms with Crippen LogP contribution in [0.2, 0.25) is 10.0 Å². The zero-order valence-corrected chi connectivity index (χ0v) is 11.7. The Morgan fingerprint density at radius 2 is 2.11 bits per heavy atom. The summed E-state index contributed by atoms with van der Waals surface area (Å²) in [5.74, 6) is 0.360. The van der Waals surface area contributed by atoms with E-state index in [2.05, 4.69) is 0 Å². The number of rotatable bonds is 4. The minimum Gasteiger partial charge on any atom is -0.396 e. The summed E-state index contributed by atoms with van der Waals surface area (Å²) in [4.78, 5) is 12.6. The van der Waals surface area contributed by atoms with Crippen LogP contribution in [0.4, 0.5) is 11.4 Å². The maximum atomic E-state index is 11.1. The minimum absolute atomic E-state index is 0.0287. The number of halogens is 2. The molecule has 0 aromatic heterocycles. The SMILES string of the molecule is O=[N+]([O-])c1cc(Cl)c(Cl)cc1N1CCC(CCO)C1. The van der Waals surface area contributed by atoms with Gasteiger partial charge in [0.1, 0.15) is 5.69 Å². The van der Waals surface area contributed by atoms with Gasteiger partial charge in [0.2, 0.25) is 0 Å². The molecule has 1 aromatic carbocycles. The monoisotopic (exact) mass is 304 g/mol. The highest BCUT2D eigenvalue weighted by Crippen LogP contribution is 2.38. The molecule has 7 heteroatoms. The average Bonchev–Trinajstić information content (AvgIpc) is 2.81. The first kappa shape index (κ1) is 14.4. The van der Waals surface area contributed by atoms with E-state index < -0.39 is 4.92 Å². The molecular formula is C12H14Cl2N2O3. The molecule has 1 aliphatic heterocycles. The van der Waals surface area contributed by atoms with Crippen molar-refractivity contribution in [3.8, 4) is 0 Å². The van der Waals surface area contributed by atoms with Crippen molar-refractivity contribution in [2.75, 3.05) is 24.6 Å². The van der Waals surface area contributed by atoms with Crippen molar-refractivity contribution in [1.29, 1.82) is 0 Å². The lowest BCUT2D eigenvalue weighted by atomic mass is 10.1. The van der Waals surface area contributed by atoms with E-state index in [-0.39, 0.29) is 17.3 Å². The molecule has 0 bridgehead atoms. The summed E-state index contributed by atoms with van der Waals surface area (Å²) in [7, 11) is 0. The molecule has 5 nitrogen and oxygen atoms in total. The summed E-state index contributed by atoms with van der Waals surface area (Å²) in [5.41, 5.74) is 0.471. The Hall–Kier alpha value is -1.04. The summed E-state index contributed by atoms with van der Waals surface area (Å²) in [6, 6.07) is 2.84. The van der Waals surface area contributed by atoms with Crippen LogP contribution in [0.25, 0.3) is 0 Å². The Morgan fingerprint density at radius 1 is 1.42 bits per heavy atom. The van der Waals surface area contributed by atoms with Crippen molar-refractivity contribution in [2.45, 2.75) is 12.8 Å². The summed E-state index contributed by atoms with van der Waals surface area (Å²) < 4.78 is 0. The summed E-state index contributed by atoms with van der Waals surface area (Å²) in [6.07, 6.45) is 1.63. The fourth-order valence-electron chi connectivity index (χ4n) is 2.40. The fourth-order valence-corrected chi connectivity index (χ4v) is 2.71. The number of nitro groups is 1. The van der Waals surface area contributed by atoms with Crippen LogP contribution < -0.4 is 4.90 Å². The molecule has 1 heterocycles. The normalized spacial score (nSPS) is 18.9. The second kappa shape index (κ2) is 5.94. The number of aliphatic hydroxyl groups excluding tert-OH is 1. The first-order chi connectivity index (χ1) is 9.02. The topological polar surface area (TPSA) is 66.6 Å². The van der Waals surface area contributed by atoms with Gasteiger partial charge in [-0.1, -0.05) is 23.2 Å². The Labute approximate surface area is 120 Å². The van der Waals surface area contributed by atoms with Crippen LogP contribution in [0.1, 0.15) is 12.8 Å². The maximum absolute atomic E-state index is 11.1. The van der Waals surface area contributed by atoms with Crippen molar-refractivity contribution in [2.24, 2.45) is 5.92 Å². The van der Waals surface area contributed by atoms with E-state index in [0.29, 0.717) is 29.6 Å². The third kappa shape index (κ3) is 3.11. The molecule has 1 fully saturated rings. The van der Waals surface area contributed by atoms with E-state index >= 15 is 0 Å². The van der Waals surface area contributed by atoms with Crippen LogP contribution in [0.15, 0.2) is 12.1 Å². The van der Waals surface area contributed by atoms with Crippen molar-refractivity contribution in [3.63, 3.8) is 0 Å². The fraction of sp³-hybridized carbons (Fsp3) is 0.500. The molecule has 0 spiro atoms. The van der Waals surface area contributed by atoms with Gasteiger partial charge in [0.15, 0.2) is 0 Å². The number of anilines is 1. The second-order valence-electron chi connectivity index (χ2n) is 4.63. The quantitative estimate of drug-likeness (QED) is 0.685. The molecular weight excluding hydrogens is 291 g/mol. The van der Waals surface area contributed by atoms with E-state index in [1.807, 2.05) is 4.90 Å². The lowest BCUT2D eigenvalue weighted by Gasteiger charge is -2.19. The zero-order chi connectivity index (χ0) is 14.0. The van der Waals surface area contributed by atoms with E-state index in [0.717, 1.165) is 13.0 Å². The minimum atomic E-state index is -0.448. The largest absolute Gasteiger partial charge is 0.396 e. The molecule has 1 atom stereocenters. The number of hydrogen-bond acceptors (Lipinski definition) is 4. The van der Waals surface area contributed by atoms with Gasteiger partial charge in [-0.3, -0.25) is 10.1 Å². The molecule has 0 amide bonds. The van der Waals surface area contributed by atoms with Crippen LogP contribution in [0, 0.1) is 16.0 Å². The van der Waals surface area contributed by atoms with E-state index in [4.69, 9.17) is 28.3 Å². The Balaban J connectivity index is 2.29. The third-order valence-electron chi connectivity index (χ3n) is 3.38. The highest BCUT2D eigenvalue weighted by molar-refractivity contribution is 6.42. The zero-order valence-electron chi connectivity index (χ0n) is 10.2. The molecule has 1 unspecified atom stereocenters. The Kier molecular flexibility index (Phi) is 4.50. The van der Waals surface area contributed by atoms with Gasteiger partial charge in [-0.25, -0.2) is 0 Å². The molecule has 1 saturated heterocycles. The smallest absolute Gasteiger partial charge is 0.294 e. The third-order valence-corrected chi connectivity index (χ3v) is 4.10. The van der Waals surface area contributed by atoms with Gasteiger partial charge in [0.05, 0.1) is 15.0 Å². The van der Waals surface area contributed by atoms with Gasteiger partial charge in [-0.2, -0.15) is 0 Å². The predicted octanol–water partition coefficient (Wildman–Crippen LogP) is 3.11. The van der Waals surface area contributed by atoms with E-state index in [1.165, 1.54) is 6.07 Å². The van der Waals surface area contributed by atoms with Crippen molar-refractivity contribution >= 4 is 34.6 Å². The molecule has 19 heavy (non-hydrogen) atoms. The van der Waals surface area contributed by atoms with Gasteiger partial charge in [-0.05, 0) is 24.8 Å². The maximum Gasteiger partial charge on any atom is 0.294 e. The Bertz CT molecular complexity index is 496. The summed E-state index contributed by atoms with van der Waals surface area (Å²) >= 11 is 11.8. The van der Waals surface area contributed by atoms with Gasteiger partial charge in [0.25, 0.3) is 5.69 Å². The summed E-state index contributed by atoms with van der Waals surface area (Å²) in [5, 5.41) is 20.5. The van der Waals surface area contributed by atoms with E-state index in [9.17, 15) is 10.1 Å². The number of nitro benzene ring substituents is 1. The number of hydrogen-bond donors (Lipinski definition) is 1. The highest BCUT2D eigenvalue weighted by Gasteiger charge is 2.28. The molecule has 1 aromatic rings. The van der Waals surface area contributed by atoms with Crippen LogP contribution in [-0.4, -0.2) is 29.7 Å². The lowest BCUT2D eigenvalue weighted by molar-refractivity contribution is -0.384. The van der Waals surface area contributed by atoms with Crippen molar-refractivity contribution < 1.29 is 10.0 Å². The highest BCUT2D eigenvalue weighted by atomic mass is 35.5. The second-order valence-corrected chi connectivity index (χ2v) is 5.44. The predicted molar refractivity (Wildman–Crippen MR) is 75.1 cm³/mol. The van der Waals surface area contributed by atoms with Crippen LogP contribution >= 0.6 is 23.2 Å². The number of nitrogens with zero attached hydrogens (tertiary/aromatic N) is 2. The van der Waals surface area contributed by atoms with Crippen molar-refractivity contribution in [3.05, 3.63) is 32.3 Å². The molecule has 1 aliphatic rings.